The summed E-state index contributed by atoms with van der Waals surface area (Å²) in [5.41, 5.74) is -0.120. The van der Waals surface area contributed by atoms with Crippen molar-refractivity contribution in [3.05, 3.63) is 0 Å². The normalized spacial score (nSPS) is 26.5. The summed E-state index contributed by atoms with van der Waals surface area (Å²) >= 11 is 2.03. The Labute approximate surface area is 116 Å². The van der Waals surface area contributed by atoms with Gasteiger partial charge in [0.2, 0.25) is 0 Å². The zero-order chi connectivity index (χ0) is 13.6. The molecule has 3 atom stereocenters. The molecule has 0 aromatic rings. The molecule has 0 spiro atoms. The van der Waals surface area contributed by atoms with Crippen LogP contribution in [0.5, 0.6) is 0 Å². The molecule has 1 saturated heterocycles. The third-order valence-electron chi connectivity index (χ3n) is 3.79. The van der Waals surface area contributed by atoms with Crippen LogP contribution in [0.15, 0.2) is 0 Å². The average molecular weight is 275 g/mol. The summed E-state index contributed by atoms with van der Waals surface area (Å²) in [6.45, 7) is 10.7. The number of hydrogen-bond acceptors (Lipinski definition) is 4. The maximum absolute atomic E-state index is 5.63. The van der Waals surface area contributed by atoms with Crippen LogP contribution >= 0.6 is 11.8 Å². The third kappa shape index (κ3) is 4.72. The molecule has 1 aliphatic rings. The van der Waals surface area contributed by atoms with Crippen LogP contribution < -0.4 is 5.32 Å². The summed E-state index contributed by atoms with van der Waals surface area (Å²) in [4.78, 5) is 0. The summed E-state index contributed by atoms with van der Waals surface area (Å²) in [5, 5.41) is 4.25. The number of methoxy groups -OCH3 is 1. The van der Waals surface area contributed by atoms with Gasteiger partial charge in [0.25, 0.3) is 0 Å². The lowest BCUT2D eigenvalue weighted by atomic mass is 10.0. The van der Waals surface area contributed by atoms with Gasteiger partial charge in [-0.1, -0.05) is 6.92 Å². The number of hydrogen-bond donors (Lipinski definition) is 1. The van der Waals surface area contributed by atoms with E-state index in [4.69, 9.17) is 9.47 Å². The predicted octanol–water partition coefficient (Wildman–Crippen LogP) is 2.69. The van der Waals surface area contributed by atoms with Crippen LogP contribution in [-0.4, -0.2) is 49.0 Å². The monoisotopic (exact) mass is 275 g/mol. The molecule has 0 radical (unpaired) electrons. The van der Waals surface area contributed by atoms with Gasteiger partial charge < -0.3 is 14.8 Å². The van der Waals surface area contributed by atoms with Crippen molar-refractivity contribution in [2.75, 3.05) is 26.0 Å². The van der Waals surface area contributed by atoms with E-state index in [0.717, 1.165) is 25.3 Å². The maximum atomic E-state index is 5.63. The Balaban J connectivity index is 2.45. The molecule has 1 aliphatic heterocycles. The summed E-state index contributed by atoms with van der Waals surface area (Å²) in [6, 6.07) is 0.389. The summed E-state index contributed by atoms with van der Waals surface area (Å²) in [6.07, 6.45) is 2.73. The zero-order valence-electron chi connectivity index (χ0n) is 12.5. The third-order valence-corrected chi connectivity index (χ3v) is 5.36. The molecule has 0 bridgehead atoms. The van der Waals surface area contributed by atoms with Crippen molar-refractivity contribution in [3.8, 4) is 0 Å². The first-order valence-electron chi connectivity index (χ1n) is 7.03. The Bertz CT molecular complexity index is 236. The molecule has 108 valence electrons. The minimum absolute atomic E-state index is 0.120. The van der Waals surface area contributed by atoms with Crippen LogP contribution in [0.3, 0.4) is 0 Å². The molecular weight excluding hydrogens is 246 g/mol. The van der Waals surface area contributed by atoms with E-state index < -0.39 is 0 Å². The van der Waals surface area contributed by atoms with Crippen molar-refractivity contribution >= 4 is 11.8 Å². The summed E-state index contributed by atoms with van der Waals surface area (Å²) in [7, 11) is 1.80. The number of rotatable bonds is 8. The SMILES string of the molecule is CCCNC(CSC1CCOC1C)C(C)(C)OC. The van der Waals surface area contributed by atoms with E-state index in [0.29, 0.717) is 17.4 Å². The van der Waals surface area contributed by atoms with Gasteiger partial charge in [0, 0.05) is 30.8 Å². The molecule has 0 amide bonds. The standard InChI is InChI=1S/C14H29NO2S/c1-6-8-15-13(14(3,4)16-5)10-18-12-7-9-17-11(12)2/h11-13,15H,6-10H2,1-5H3. The van der Waals surface area contributed by atoms with Crippen LogP contribution in [-0.2, 0) is 9.47 Å². The summed E-state index contributed by atoms with van der Waals surface area (Å²) < 4.78 is 11.3. The highest BCUT2D eigenvalue weighted by molar-refractivity contribution is 8.00. The fourth-order valence-corrected chi connectivity index (χ4v) is 3.69. The van der Waals surface area contributed by atoms with E-state index >= 15 is 0 Å². The van der Waals surface area contributed by atoms with Crippen LogP contribution in [0.25, 0.3) is 0 Å². The average Bonchev–Trinajstić information content (AvgIpc) is 2.75. The van der Waals surface area contributed by atoms with Crippen molar-refractivity contribution < 1.29 is 9.47 Å². The second kappa shape index (κ2) is 7.73. The zero-order valence-corrected chi connectivity index (χ0v) is 13.3. The topological polar surface area (TPSA) is 30.5 Å². The quantitative estimate of drug-likeness (QED) is 0.738. The minimum atomic E-state index is -0.120. The van der Waals surface area contributed by atoms with Crippen molar-refractivity contribution in [1.82, 2.24) is 5.32 Å². The fourth-order valence-electron chi connectivity index (χ4n) is 2.12. The van der Waals surface area contributed by atoms with Gasteiger partial charge in [-0.2, -0.15) is 11.8 Å². The number of thioether (sulfide) groups is 1. The molecule has 0 saturated carbocycles. The molecule has 18 heavy (non-hydrogen) atoms. The molecular formula is C14H29NO2S. The first-order valence-corrected chi connectivity index (χ1v) is 8.08. The maximum Gasteiger partial charge on any atom is 0.0783 e. The Kier molecular flexibility index (Phi) is 6.99. The Hall–Kier alpha value is 0.230. The number of ether oxygens (including phenoxy) is 2. The highest BCUT2D eigenvalue weighted by Gasteiger charge is 2.31. The largest absolute Gasteiger partial charge is 0.377 e. The van der Waals surface area contributed by atoms with Gasteiger partial charge >= 0.3 is 0 Å². The van der Waals surface area contributed by atoms with Crippen molar-refractivity contribution in [3.63, 3.8) is 0 Å². The van der Waals surface area contributed by atoms with E-state index in [1.54, 1.807) is 7.11 Å². The van der Waals surface area contributed by atoms with Gasteiger partial charge in [-0.25, -0.2) is 0 Å². The first kappa shape index (κ1) is 16.3. The molecule has 1 fully saturated rings. The van der Waals surface area contributed by atoms with E-state index in [1.807, 2.05) is 11.8 Å². The van der Waals surface area contributed by atoms with Gasteiger partial charge in [-0.05, 0) is 40.2 Å². The second-order valence-electron chi connectivity index (χ2n) is 5.55. The van der Waals surface area contributed by atoms with Crippen molar-refractivity contribution in [1.29, 1.82) is 0 Å². The molecule has 0 aliphatic carbocycles. The minimum Gasteiger partial charge on any atom is -0.377 e. The van der Waals surface area contributed by atoms with Gasteiger partial charge in [0.1, 0.15) is 0 Å². The Morgan fingerprint density at radius 3 is 2.72 bits per heavy atom. The van der Waals surface area contributed by atoms with Gasteiger partial charge in [0.15, 0.2) is 0 Å². The molecule has 3 nitrogen and oxygen atoms in total. The van der Waals surface area contributed by atoms with Crippen LogP contribution in [0.1, 0.15) is 40.5 Å². The molecule has 0 aromatic carbocycles. The van der Waals surface area contributed by atoms with Gasteiger partial charge in [0.05, 0.1) is 11.7 Å². The van der Waals surface area contributed by atoms with Crippen molar-refractivity contribution in [2.45, 2.75) is 63.5 Å². The second-order valence-corrected chi connectivity index (χ2v) is 6.82. The molecule has 4 heteroatoms. The van der Waals surface area contributed by atoms with Crippen LogP contribution in [0.4, 0.5) is 0 Å². The first-order chi connectivity index (χ1) is 8.51. The van der Waals surface area contributed by atoms with E-state index in [2.05, 4.69) is 33.0 Å². The molecule has 3 unspecified atom stereocenters. The van der Waals surface area contributed by atoms with E-state index in [-0.39, 0.29) is 5.60 Å². The smallest absolute Gasteiger partial charge is 0.0783 e. The number of nitrogens with one attached hydrogen (secondary N) is 1. The van der Waals surface area contributed by atoms with Crippen molar-refractivity contribution in [2.24, 2.45) is 0 Å². The Morgan fingerprint density at radius 1 is 1.50 bits per heavy atom. The highest BCUT2D eigenvalue weighted by Crippen LogP contribution is 2.29. The predicted molar refractivity (Wildman–Crippen MR) is 79.4 cm³/mol. The van der Waals surface area contributed by atoms with Gasteiger partial charge in [-0.15, -0.1) is 0 Å². The molecule has 0 aromatic heterocycles. The van der Waals surface area contributed by atoms with E-state index in [9.17, 15) is 0 Å². The molecule has 1 heterocycles. The lowest BCUT2D eigenvalue weighted by molar-refractivity contribution is -0.00350. The van der Waals surface area contributed by atoms with Crippen LogP contribution in [0.2, 0.25) is 0 Å². The lowest BCUT2D eigenvalue weighted by Crippen LogP contribution is -2.50. The summed E-state index contributed by atoms with van der Waals surface area (Å²) in [5.74, 6) is 1.08. The lowest BCUT2D eigenvalue weighted by Gasteiger charge is -2.34. The van der Waals surface area contributed by atoms with Crippen LogP contribution in [0, 0.1) is 0 Å². The highest BCUT2D eigenvalue weighted by atomic mass is 32.2. The molecule has 1 N–H and O–H groups in total. The van der Waals surface area contributed by atoms with Gasteiger partial charge in [-0.3, -0.25) is 0 Å². The van der Waals surface area contributed by atoms with E-state index in [1.165, 1.54) is 6.42 Å². The Morgan fingerprint density at radius 2 is 2.22 bits per heavy atom. The fraction of sp³-hybridized carbons (Fsp3) is 1.00. The molecule has 1 rings (SSSR count).